The summed E-state index contributed by atoms with van der Waals surface area (Å²) in [5.74, 6) is -1.04. The van der Waals surface area contributed by atoms with Crippen LogP contribution in [0.2, 0.25) is 0 Å². The second-order valence-corrected chi connectivity index (χ2v) is 3.38. The Morgan fingerprint density at radius 3 is 2.50 bits per heavy atom. The predicted octanol–water partition coefficient (Wildman–Crippen LogP) is 0.769. The van der Waals surface area contributed by atoms with Gasteiger partial charge in [-0.1, -0.05) is 18.2 Å². The molecule has 1 aliphatic heterocycles. The summed E-state index contributed by atoms with van der Waals surface area (Å²) in [6.07, 6.45) is 0.157. The van der Waals surface area contributed by atoms with E-state index in [2.05, 4.69) is 5.32 Å². The Morgan fingerprint density at radius 2 is 1.88 bits per heavy atom. The SMILES string of the molecule is O=C1CCNC(=O)N1C(=O)c1ccccc1. The number of amides is 4. The maximum Gasteiger partial charge on any atom is 0.331 e. The molecule has 1 saturated heterocycles. The van der Waals surface area contributed by atoms with Crippen molar-refractivity contribution in [3.05, 3.63) is 35.9 Å². The minimum atomic E-state index is -0.648. The van der Waals surface area contributed by atoms with Gasteiger partial charge in [0.25, 0.3) is 5.91 Å². The molecule has 1 fully saturated rings. The molecule has 0 spiro atoms. The highest BCUT2D eigenvalue weighted by Crippen LogP contribution is 2.09. The zero-order valence-electron chi connectivity index (χ0n) is 8.47. The summed E-state index contributed by atoms with van der Waals surface area (Å²) >= 11 is 0. The van der Waals surface area contributed by atoms with Gasteiger partial charge in [-0.25, -0.2) is 4.79 Å². The van der Waals surface area contributed by atoms with Gasteiger partial charge in [-0.2, -0.15) is 4.90 Å². The fourth-order valence-electron chi connectivity index (χ4n) is 1.50. The van der Waals surface area contributed by atoms with Crippen molar-refractivity contribution in [2.24, 2.45) is 0 Å². The maximum absolute atomic E-state index is 11.9. The number of nitrogens with one attached hydrogen (secondary N) is 1. The van der Waals surface area contributed by atoms with E-state index in [-0.39, 0.29) is 13.0 Å². The van der Waals surface area contributed by atoms with E-state index in [1.165, 1.54) is 0 Å². The Hall–Kier alpha value is -2.17. The first kappa shape index (κ1) is 10.4. The Balaban J connectivity index is 2.27. The van der Waals surface area contributed by atoms with Crippen molar-refractivity contribution in [1.29, 1.82) is 0 Å². The van der Waals surface area contributed by atoms with Gasteiger partial charge >= 0.3 is 6.03 Å². The van der Waals surface area contributed by atoms with E-state index >= 15 is 0 Å². The molecule has 5 nitrogen and oxygen atoms in total. The van der Waals surface area contributed by atoms with E-state index in [1.807, 2.05) is 0 Å². The monoisotopic (exact) mass is 218 g/mol. The first-order chi connectivity index (χ1) is 7.70. The molecule has 1 aliphatic rings. The van der Waals surface area contributed by atoms with E-state index < -0.39 is 17.8 Å². The summed E-state index contributed by atoms with van der Waals surface area (Å²) in [6, 6.07) is 7.60. The van der Waals surface area contributed by atoms with Crippen molar-refractivity contribution in [3.63, 3.8) is 0 Å². The summed E-state index contributed by atoms with van der Waals surface area (Å²) < 4.78 is 0. The average molecular weight is 218 g/mol. The zero-order chi connectivity index (χ0) is 11.5. The second kappa shape index (κ2) is 4.14. The summed E-state index contributed by atoms with van der Waals surface area (Å²) in [4.78, 5) is 35.4. The van der Waals surface area contributed by atoms with Crippen LogP contribution >= 0.6 is 0 Å². The lowest BCUT2D eigenvalue weighted by Gasteiger charge is -2.23. The third-order valence-electron chi connectivity index (χ3n) is 2.29. The van der Waals surface area contributed by atoms with Crippen molar-refractivity contribution >= 4 is 17.8 Å². The molecule has 1 aromatic carbocycles. The number of imide groups is 3. The van der Waals surface area contributed by atoms with Gasteiger partial charge in [0.2, 0.25) is 5.91 Å². The molecular formula is C11H10N2O3. The van der Waals surface area contributed by atoms with Crippen LogP contribution in [0.3, 0.4) is 0 Å². The highest BCUT2D eigenvalue weighted by molar-refractivity contribution is 6.16. The first-order valence-electron chi connectivity index (χ1n) is 4.90. The smallest absolute Gasteiger partial charge is 0.331 e. The minimum Gasteiger partial charge on any atom is -0.337 e. The summed E-state index contributed by atoms with van der Waals surface area (Å²) in [5.41, 5.74) is 0.327. The fraction of sp³-hybridized carbons (Fsp3) is 0.182. The molecule has 82 valence electrons. The highest BCUT2D eigenvalue weighted by Gasteiger charge is 2.32. The quantitative estimate of drug-likeness (QED) is 0.708. The molecule has 0 radical (unpaired) electrons. The van der Waals surface area contributed by atoms with E-state index in [4.69, 9.17) is 0 Å². The molecule has 1 N–H and O–H groups in total. The summed E-state index contributed by atoms with van der Waals surface area (Å²) in [6.45, 7) is 0.288. The number of nitrogens with zero attached hydrogens (tertiary/aromatic N) is 1. The van der Waals surface area contributed by atoms with Crippen molar-refractivity contribution in [2.75, 3.05) is 6.54 Å². The summed E-state index contributed by atoms with van der Waals surface area (Å²) in [5, 5.41) is 2.46. The van der Waals surface area contributed by atoms with Crippen LogP contribution in [0.15, 0.2) is 30.3 Å². The molecule has 0 aliphatic carbocycles. The molecule has 0 atom stereocenters. The van der Waals surface area contributed by atoms with Crippen molar-refractivity contribution in [3.8, 4) is 0 Å². The maximum atomic E-state index is 11.9. The zero-order valence-corrected chi connectivity index (χ0v) is 8.47. The van der Waals surface area contributed by atoms with Crippen LogP contribution in [0.4, 0.5) is 4.79 Å². The standard InChI is InChI=1S/C11H10N2O3/c14-9-6-7-12-11(16)13(9)10(15)8-4-2-1-3-5-8/h1-5H,6-7H2,(H,12,16). The van der Waals surface area contributed by atoms with Crippen LogP contribution in [-0.4, -0.2) is 29.3 Å². The van der Waals surface area contributed by atoms with Gasteiger partial charge in [0, 0.05) is 18.5 Å². The molecule has 0 saturated carbocycles. The van der Waals surface area contributed by atoms with Crippen molar-refractivity contribution in [1.82, 2.24) is 10.2 Å². The largest absolute Gasteiger partial charge is 0.337 e. The van der Waals surface area contributed by atoms with E-state index in [1.54, 1.807) is 30.3 Å². The molecule has 4 amide bonds. The van der Waals surface area contributed by atoms with Crippen LogP contribution in [0.5, 0.6) is 0 Å². The lowest BCUT2D eigenvalue weighted by molar-refractivity contribution is -0.127. The summed E-state index contributed by atoms with van der Waals surface area (Å²) in [7, 11) is 0. The van der Waals surface area contributed by atoms with Gasteiger partial charge < -0.3 is 5.32 Å². The number of rotatable bonds is 1. The van der Waals surface area contributed by atoms with Crippen LogP contribution in [-0.2, 0) is 4.79 Å². The predicted molar refractivity (Wildman–Crippen MR) is 55.6 cm³/mol. The molecule has 0 aromatic heterocycles. The van der Waals surface area contributed by atoms with Crippen molar-refractivity contribution < 1.29 is 14.4 Å². The van der Waals surface area contributed by atoms with Crippen molar-refractivity contribution in [2.45, 2.75) is 6.42 Å². The average Bonchev–Trinajstić information content (AvgIpc) is 2.30. The highest BCUT2D eigenvalue weighted by atomic mass is 16.2. The molecule has 0 bridgehead atoms. The Labute approximate surface area is 92.0 Å². The van der Waals surface area contributed by atoms with E-state index in [0.29, 0.717) is 10.5 Å². The molecule has 2 rings (SSSR count). The van der Waals surface area contributed by atoms with E-state index in [9.17, 15) is 14.4 Å². The Morgan fingerprint density at radius 1 is 1.19 bits per heavy atom. The number of carbonyl (C=O) groups is 3. The topological polar surface area (TPSA) is 66.5 Å². The molecule has 0 unspecified atom stereocenters. The van der Waals surface area contributed by atoms with Gasteiger partial charge in [-0.05, 0) is 12.1 Å². The number of carbonyl (C=O) groups excluding carboxylic acids is 3. The van der Waals surface area contributed by atoms with Gasteiger partial charge in [0.1, 0.15) is 0 Å². The normalized spacial score (nSPS) is 15.9. The fourth-order valence-corrected chi connectivity index (χ4v) is 1.50. The Bertz CT molecular complexity index is 426. The first-order valence-corrected chi connectivity index (χ1v) is 4.90. The third kappa shape index (κ3) is 1.79. The molecule has 1 aromatic rings. The van der Waals surface area contributed by atoms with Crippen LogP contribution in [0.1, 0.15) is 16.8 Å². The lowest BCUT2D eigenvalue weighted by Crippen LogP contribution is -2.52. The molecule has 1 heterocycles. The van der Waals surface area contributed by atoms with E-state index in [0.717, 1.165) is 0 Å². The van der Waals surface area contributed by atoms with Crippen LogP contribution in [0.25, 0.3) is 0 Å². The number of urea groups is 1. The lowest BCUT2D eigenvalue weighted by atomic mass is 10.2. The number of hydrogen-bond acceptors (Lipinski definition) is 3. The van der Waals surface area contributed by atoms with Crippen LogP contribution in [0, 0.1) is 0 Å². The molecular weight excluding hydrogens is 208 g/mol. The van der Waals surface area contributed by atoms with Crippen LogP contribution < -0.4 is 5.32 Å². The van der Waals surface area contributed by atoms with Gasteiger partial charge in [-0.15, -0.1) is 0 Å². The van der Waals surface area contributed by atoms with Gasteiger partial charge in [-0.3, -0.25) is 9.59 Å². The Kier molecular flexibility index (Phi) is 2.68. The van der Waals surface area contributed by atoms with Gasteiger partial charge in [0.05, 0.1) is 0 Å². The number of benzene rings is 1. The number of hydrogen-bond donors (Lipinski definition) is 1. The third-order valence-corrected chi connectivity index (χ3v) is 2.29. The molecule has 5 heteroatoms. The van der Waals surface area contributed by atoms with Gasteiger partial charge in [0.15, 0.2) is 0 Å². The molecule has 16 heavy (non-hydrogen) atoms. The second-order valence-electron chi connectivity index (χ2n) is 3.38. The minimum absolute atomic E-state index is 0.157.